The SMILES string of the molecule is C=CC(=O)OCC(COc1ccc(C(=O)c2ccccc2)cc1)OC(=O)C=C. The van der Waals surface area contributed by atoms with E-state index in [-0.39, 0.29) is 19.0 Å². The Balaban J connectivity index is 1.97. The Bertz CT molecular complexity index is 839. The first kappa shape index (κ1) is 20.6. The molecule has 0 aliphatic rings. The second-order valence-electron chi connectivity index (χ2n) is 5.63. The molecule has 0 saturated heterocycles. The van der Waals surface area contributed by atoms with Crippen molar-refractivity contribution in [1.82, 2.24) is 0 Å². The highest BCUT2D eigenvalue weighted by Crippen LogP contribution is 2.16. The van der Waals surface area contributed by atoms with Crippen LogP contribution in [-0.4, -0.2) is 37.0 Å². The smallest absolute Gasteiger partial charge is 0.330 e. The number of ketones is 1. The van der Waals surface area contributed by atoms with Crippen LogP contribution in [0.4, 0.5) is 0 Å². The summed E-state index contributed by atoms with van der Waals surface area (Å²) in [5.41, 5.74) is 1.12. The molecule has 6 nitrogen and oxygen atoms in total. The Labute approximate surface area is 163 Å². The minimum Gasteiger partial charge on any atom is -0.490 e. The fourth-order valence-corrected chi connectivity index (χ4v) is 2.21. The van der Waals surface area contributed by atoms with Gasteiger partial charge in [0.1, 0.15) is 19.0 Å². The number of carbonyl (C=O) groups excluding carboxylic acids is 3. The number of esters is 2. The van der Waals surface area contributed by atoms with Gasteiger partial charge in [-0.15, -0.1) is 0 Å². The zero-order valence-corrected chi connectivity index (χ0v) is 15.2. The van der Waals surface area contributed by atoms with Crippen LogP contribution in [0, 0.1) is 0 Å². The molecular weight excluding hydrogens is 360 g/mol. The molecule has 0 bridgehead atoms. The van der Waals surface area contributed by atoms with Gasteiger partial charge in [-0.25, -0.2) is 9.59 Å². The van der Waals surface area contributed by atoms with Gasteiger partial charge in [0.2, 0.25) is 0 Å². The zero-order chi connectivity index (χ0) is 20.4. The van der Waals surface area contributed by atoms with Crippen molar-refractivity contribution < 1.29 is 28.6 Å². The Morgan fingerprint density at radius 3 is 2.04 bits per heavy atom. The summed E-state index contributed by atoms with van der Waals surface area (Å²) in [7, 11) is 0. The lowest BCUT2D eigenvalue weighted by Gasteiger charge is -2.17. The zero-order valence-electron chi connectivity index (χ0n) is 15.2. The van der Waals surface area contributed by atoms with E-state index in [0.29, 0.717) is 16.9 Å². The Morgan fingerprint density at radius 2 is 1.43 bits per heavy atom. The molecule has 0 aliphatic heterocycles. The first-order valence-corrected chi connectivity index (χ1v) is 8.48. The molecule has 0 spiro atoms. The van der Waals surface area contributed by atoms with E-state index < -0.39 is 18.0 Å². The first-order chi connectivity index (χ1) is 13.5. The van der Waals surface area contributed by atoms with Crippen molar-refractivity contribution in [2.24, 2.45) is 0 Å². The molecule has 2 rings (SSSR count). The number of rotatable bonds is 10. The van der Waals surface area contributed by atoms with Gasteiger partial charge < -0.3 is 14.2 Å². The van der Waals surface area contributed by atoms with Gasteiger partial charge in [-0.1, -0.05) is 43.5 Å². The summed E-state index contributed by atoms with van der Waals surface area (Å²) in [5.74, 6) is -0.920. The largest absolute Gasteiger partial charge is 0.490 e. The molecule has 0 amide bonds. The molecule has 2 aromatic rings. The van der Waals surface area contributed by atoms with E-state index >= 15 is 0 Å². The molecule has 1 atom stereocenters. The second kappa shape index (κ2) is 10.5. The summed E-state index contributed by atoms with van der Waals surface area (Å²) in [4.78, 5) is 35.0. The van der Waals surface area contributed by atoms with Crippen LogP contribution in [0.3, 0.4) is 0 Å². The van der Waals surface area contributed by atoms with Gasteiger partial charge in [0.25, 0.3) is 0 Å². The predicted octanol–water partition coefficient (Wildman–Crippen LogP) is 3.12. The summed E-state index contributed by atoms with van der Waals surface area (Å²) < 4.78 is 15.6. The highest BCUT2D eigenvalue weighted by atomic mass is 16.6. The molecule has 28 heavy (non-hydrogen) atoms. The molecule has 6 heteroatoms. The molecule has 0 saturated carbocycles. The lowest BCUT2D eigenvalue weighted by atomic mass is 10.0. The molecule has 0 aromatic heterocycles. The topological polar surface area (TPSA) is 78.9 Å². The summed E-state index contributed by atoms with van der Waals surface area (Å²) in [6.45, 7) is 6.39. The van der Waals surface area contributed by atoms with Gasteiger partial charge in [0, 0.05) is 23.3 Å². The highest BCUT2D eigenvalue weighted by Gasteiger charge is 2.16. The Morgan fingerprint density at radius 1 is 0.821 bits per heavy atom. The van der Waals surface area contributed by atoms with Gasteiger partial charge in [-0.2, -0.15) is 0 Å². The summed E-state index contributed by atoms with van der Waals surface area (Å²) >= 11 is 0. The third-order valence-electron chi connectivity index (χ3n) is 3.62. The molecular formula is C22H20O6. The standard InChI is InChI=1S/C22H20O6/c1-3-20(23)27-15-19(28-21(24)4-2)14-26-18-12-10-17(11-13-18)22(25)16-8-6-5-7-9-16/h3-13,19H,1-2,14-15H2. The summed E-state index contributed by atoms with van der Waals surface area (Å²) in [5, 5.41) is 0. The minimum absolute atomic E-state index is 0.0457. The maximum absolute atomic E-state index is 12.4. The fraction of sp³-hybridized carbons (Fsp3) is 0.136. The molecule has 1 unspecified atom stereocenters. The van der Waals surface area contributed by atoms with Crippen LogP contribution in [0.5, 0.6) is 5.75 Å². The van der Waals surface area contributed by atoms with E-state index in [1.165, 1.54) is 0 Å². The number of benzene rings is 2. The Hall–Kier alpha value is -3.67. The second-order valence-corrected chi connectivity index (χ2v) is 5.63. The fourth-order valence-electron chi connectivity index (χ4n) is 2.21. The number of hydrogen-bond donors (Lipinski definition) is 0. The summed E-state index contributed by atoms with van der Waals surface area (Å²) in [6, 6.07) is 15.5. The minimum atomic E-state index is -0.819. The third kappa shape index (κ3) is 6.25. The normalized spacial score (nSPS) is 11.0. The quantitative estimate of drug-likeness (QED) is 0.358. The van der Waals surface area contributed by atoms with Crippen LogP contribution in [0.15, 0.2) is 79.9 Å². The van der Waals surface area contributed by atoms with Gasteiger partial charge in [-0.05, 0) is 24.3 Å². The molecule has 0 heterocycles. The Kier molecular flexibility index (Phi) is 7.72. The van der Waals surface area contributed by atoms with Gasteiger partial charge in [0.15, 0.2) is 11.9 Å². The monoisotopic (exact) mass is 380 g/mol. The maximum Gasteiger partial charge on any atom is 0.330 e. The van der Waals surface area contributed by atoms with Crippen molar-refractivity contribution >= 4 is 17.7 Å². The van der Waals surface area contributed by atoms with Crippen LogP contribution in [0.2, 0.25) is 0 Å². The number of hydrogen-bond acceptors (Lipinski definition) is 6. The van der Waals surface area contributed by atoms with E-state index in [0.717, 1.165) is 12.2 Å². The van der Waals surface area contributed by atoms with Crippen LogP contribution >= 0.6 is 0 Å². The van der Waals surface area contributed by atoms with Gasteiger partial charge in [-0.3, -0.25) is 4.79 Å². The number of carbonyl (C=O) groups is 3. The molecule has 2 aromatic carbocycles. The van der Waals surface area contributed by atoms with Crippen LogP contribution in [-0.2, 0) is 19.1 Å². The first-order valence-electron chi connectivity index (χ1n) is 8.48. The van der Waals surface area contributed by atoms with Crippen molar-refractivity contribution in [3.63, 3.8) is 0 Å². The van der Waals surface area contributed by atoms with Crippen LogP contribution in [0.1, 0.15) is 15.9 Å². The lowest BCUT2D eigenvalue weighted by molar-refractivity contribution is -0.154. The molecule has 0 radical (unpaired) electrons. The van der Waals surface area contributed by atoms with E-state index in [2.05, 4.69) is 13.2 Å². The highest BCUT2D eigenvalue weighted by molar-refractivity contribution is 6.08. The summed E-state index contributed by atoms with van der Waals surface area (Å²) in [6.07, 6.45) is 1.20. The molecule has 144 valence electrons. The van der Waals surface area contributed by atoms with E-state index in [1.54, 1.807) is 48.5 Å². The maximum atomic E-state index is 12.4. The van der Waals surface area contributed by atoms with Crippen LogP contribution in [0.25, 0.3) is 0 Å². The average molecular weight is 380 g/mol. The van der Waals surface area contributed by atoms with Crippen molar-refractivity contribution in [2.75, 3.05) is 13.2 Å². The van der Waals surface area contributed by atoms with Crippen molar-refractivity contribution in [2.45, 2.75) is 6.10 Å². The van der Waals surface area contributed by atoms with E-state index in [1.807, 2.05) is 6.07 Å². The van der Waals surface area contributed by atoms with Gasteiger partial charge >= 0.3 is 11.9 Å². The molecule has 0 N–H and O–H groups in total. The molecule has 0 aliphatic carbocycles. The third-order valence-corrected chi connectivity index (χ3v) is 3.62. The van der Waals surface area contributed by atoms with Crippen molar-refractivity contribution in [1.29, 1.82) is 0 Å². The van der Waals surface area contributed by atoms with Gasteiger partial charge in [0.05, 0.1) is 0 Å². The lowest BCUT2D eigenvalue weighted by Crippen LogP contribution is -2.30. The van der Waals surface area contributed by atoms with E-state index in [4.69, 9.17) is 14.2 Å². The van der Waals surface area contributed by atoms with Crippen LogP contribution < -0.4 is 4.74 Å². The molecule has 0 fully saturated rings. The van der Waals surface area contributed by atoms with Crippen molar-refractivity contribution in [3.05, 3.63) is 91.0 Å². The predicted molar refractivity (Wildman–Crippen MR) is 103 cm³/mol. The van der Waals surface area contributed by atoms with E-state index in [9.17, 15) is 14.4 Å². The van der Waals surface area contributed by atoms with Crippen molar-refractivity contribution in [3.8, 4) is 5.75 Å². The average Bonchev–Trinajstić information content (AvgIpc) is 2.75. The number of ether oxygens (including phenoxy) is 3.